The Balaban J connectivity index is 1.76. The minimum absolute atomic E-state index is 0.0597. The highest BCUT2D eigenvalue weighted by Gasteiger charge is 2.47. The van der Waals surface area contributed by atoms with Crippen molar-refractivity contribution in [3.05, 3.63) is 138 Å². The zero-order valence-corrected chi connectivity index (χ0v) is 25.5. The summed E-state index contributed by atoms with van der Waals surface area (Å²) in [5.41, 5.74) is 1.15. The van der Waals surface area contributed by atoms with Crippen molar-refractivity contribution in [1.29, 1.82) is 0 Å². The number of esters is 2. The molecule has 1 amide bonds. The Morgan fingerprint density at radius 2 is 1.28 bits per heavy atom. The highest BCUT2D eigenvalue weighted by atomic mass is 32.2. The molecule has 5 rings (SSSR count). The zero-order valence-electron chi connectivity index (χ0n) is 23.7. The van der Waals surface area contributed by atoms with E-state index in [0.717, 1.165) is 21.5 Å². The largest absolute Gasteiger partial charge is 0.463 e. The van der Waals surface area contributed by atoms with Crippen LogP contribution in [0.15, 0.2) is 133 Å². The van der Waals surface area contributed by atoms with Crippen LogP contribution in [-0.4, -0.2) is 40.1 Å². The van der Waals surface area contributed by atoms with E-state index in [9.17, 15) is 14.4 Å². The maximum absolute atomic E-state index is 14.5. The van der Waals surface area contributed by atoms with Crippen molar-refractivity contribution in [3.63, 3.8) is 0 Å². The van der Waals surface area contributed by atoms with Crippen LogP contribution in [0.2, 0.25) is 0 Å². The number of hydrogen-bond donors (Lipinski definition) is 0. The minimum atomic E-state index is -2.98. The van der Waals surface area contributed by atoms with Gasteiger partial charge in [0.2, 0.25) is 5.91 Å². The molecule has 218 valence electrons. The fraction of sp³-hybridized carbons (Fsp3) is 0.143. The van der Waals surface area contributed by atoms with Gasteiger partial charge in [0.15, 0.2) is 0 Å². The van der Waals surface area contributed by atoms with Gasteiger partial charge in [-0.1, -0.05) is 121 Å². The number of ether oxygens (including phenoxy) is 2. The lowest BCUT2D eigenvalue weighted by molar-refractivity contribution is -0.142. The summed E-state index contributed by atoms with van der Waals surface area (Å²) in [6.45, 7) is -0.908. The average Bonchev–Trinajstić information content (AvgIpc) is 3.05. The van der Waals surface area contributed by atoms with E-state index in [1.165, 1.54) is 17.8 Å². The standard InChI is InChI=1S/C35H32NO5PS/c1-2-40-33(38)23-24-43-32-25-31(37)36(32)34(35(39)41-26-27-15-7-3-8-16-27)42(28-17-9-4-10-18-28,29-19-11-5-12-20-29)30-21-13-6-14-22-30/h3-24,32H,2,25-26H2,1H3. The fourth-order valence-electron chi connectivity index (χ4n) is 5.08. The second kappa shape index (κ2) is 14.2. The lowest BCUT2D eigenvalue weighted by Crippen LogP contribution is -2.58. The minimum Gasteiger partial charge on any atom is -0.463 e. The molecule has 6 nitrogen and oxygen atoms in total. The van der Waals surface area contributed by atoms with Crippen molar-refractivity contribution in [1.82, 2.24) is 4.90 Å². The van der Waals surface area contributed by atoms with Crippen LogP contribution in [0.4, 0.5) is 0 Å². The second-order valence-electron chi connectivity index (χ2n) is 9.68. The molecular formula is C35H32NO5PS. The number of rotatable bonds is 11. The van der Waals surface area contributed by atoms with Crippen LogP contribution < -0.4 is 15.9 Å². The number of β-lactam (4-membered cyclic amide) rings is 1. The van der Waals surface area contributed by atoms with E-state index in [0.29, 0.717) is 5.42 Å². The Bertz CT molecular complexity index is 1540. The van der Waals surface area contributed by atoms with Crippen LogP contribution in [0.5, 0.6) is 0 Å². The molecule has 43 heavy (non-hydrogen) atoms. The van der Waals surface area contributed by atoms with E-state index in [2.05, 4.69) is 0 Å². The van der Waals surface area contributed by atoms with E-state index >= 15 is 0 Å². The van der Waals surface area contributed by atoms with Gasteiger partial charge in [0.05, 0.1) is 18.4 Å². The van der Waals surface area contributed by atoms with Gasteiger partial charge in [-0.25, -0.2) is 9.59 Å². The molecule has 0 aliphatic carbocycles. The smallest absolute Gasteiger partial charge is 0.356 e. The van der Waals surface area contributed by atoms with Crippen LogP contribution in [0.25, 0.3) is 0 Å². The maximum Gasteiger partial charge on any atom is 0.356 e. The molecule has 0 bridgehead atoms. The Morgan fingerprint density at radius 1 is 0.791 bits per heavy atom. The van der Waals surface area contributed by atoms with Crippen LogP contribution >= 0.6 is 18.6 Å². The summed E-state index contributed by atoms with van der Waals surface area (Å²) in [6.07, 6.45) is 1.56. The third-order valence-electron chi connectivity index (χ3n) is 7.00. The molecule has 1 saturated heterocycles. The predicted molar refractivity (Wildman–Crippen MR) is 175 cm³/mol. The number of amides is 1. The Morgan fingerprint density at radius 3 is 1.74 bits per heavy atom. The molecule has 1 heterocycles. The van der Waals surface area contributed by atoms with Gasteiger partial charge in [-0.2, -0.15) is 0 Å². The third kappa shape index (κ3) is 6.53. The number of carbonyl (C=O) groups is 3. The van der Waals surface area contributed by atoms with Gasteiger partial charge < -0.3 is 9.47 Å². The first-order valence-corrected chi connectivity index (χ1v) is 16.7. The first-order chi connectivity index (χ1) is 21.1. The van der Waals surface area contributed by atoms with Gasteiger partial charge in [-0.15, -0.1) is 11.8 Å². The maximum atomic E-state index is 14.5. The monoisotopic (exact) mass is 609 g/mol. The SMILES string of the molecule is CCOC(=O)C=CSC1CC(=O)N1C(C(=O)OCc1ccccc1)=P(c1ccccc1)(c1ccccc1)c1ccccc1. The molecule has 0 N–H and O–H groups in total. The molecule has 0 radical (unpaired) electrons. The third-order valence-corrected chi connectivity index (χ3v) is 12.2. The van der Waals surface area contributed by atoms with E-state index in [4.69, 9.17) is 9.47 Å². The van der Waals surface area contributed by atoms with E-state index in [-0.39, 0.29) is 25.5 Å². The summed E-state index contributed by atoms with van der Waals surface area (Å²) in [6, 6.07) is 39.1. The molecule has 1 aliphatic heterocycles. The molecule has 1 fully saturated rings. The zero-order chi connectivity index (χ0) is 30.1. The normalized spacial score (nSPS) is 14.7. The van der Waals surface area contributed by atoms with Crippen LogP contribution in [-0.2, 0) is 30.5 Å². The lowest BCUT2D eigenvalue weighted by atomic mass is 10.2. The Kier molecular flexibility index (Phi) is 9.98. The molecule has 4 aromatic carbocycles. The quantitative estimate of drug-likeness (QED) is 0.101. The Labute approximate surface area is 256 Å². The number of thioether (sulfide) groups is 1. The highest BCUT2D eigenvalue weighted by molar-refractivity contribution is 8.03. The number of likely N-dealkylation sites (tertiary alicyclic amines) is 1. The van der Waals surface area contributed by atoms with Gasteiger partial charge in [-0.3, -0.25) is 9.69 Å². The molecule has 1 atom stereocenters. The number of benzene rings is 4. The summed E-state index contributed by atoms with van der Waals surface area (Å²) in [5.74, 6) is -1.19. The van der Waals surface area contributed by atoms with Crippen LogP contribution in [0.1, 0.15) is 18.9 Å². The van der Waals surface area contributed by atoms with Gasteiger partial charge in [0.25, 0.3) is 0 Å². The van der Waals surface area contributed by atoms with E-state index < -0.39 is 24.2 Å². The summed E-state index contributed by atoms with van der Waals surface area (Å²) < 4.78 is 11.1. The summed E-state index contributed by atoms with van der Waals surface area (Å²) in [5, 5.41) is 3.98. The topological polar surface area (TPSA) is 72.9 Å². The van der Waals surface area contributed by atoms with Gasteiger partial charge in [-0.05, 0) is 33.8 Å². The van der Waals surface area contributed by atoms with Crippen molar-refractivity contribution in [3.8, 4) is 0 Å². The van der Waals surface area contributed by atoms with Crippen LogP contribution in [0, 0.1) is 0 Å². The summed E-state index contributed by atoms with van der Waals surface area (Å²) in [7, 11) is 0. The predicted octanol–water partition coefficient (Wildman–Crippen LogP) is 5.22. The van der Waals surface area contributed by atoms with E-state index in [1.807, 2.05) is 121 Å². The molecule has 1 aliphatic rings. The molecule has 4 aromatic rings. The average molecular weight is 610 g/mol. The van der Waals surface area contributed by atoms with Gasteiger partial charge >= 0.3 is 11.9 Å². The van der Waals surface area contributed by atoms with Crippen molar-refractivity contribution in [2.75, 3.05) is 6.61 Å². The molecule has 0 spiro atoms. The van der Waals surface area contributed by atoms with Crippen molar-refractivity contribution in [2.45, 2.75) is 25.3 Å². The second-order valence-corrected chi connectivity index (χ2v) is 14.1. The fourth-order valence-corrected chi connectivity index (χ4v) is 10.5. The molecule has 0 aromatic heterocycles. The number of carbonyl (C=O) groups excluding carboxylic acids is 3. The van der Waals surface area contributed by atoms with Crippen molar-refractivity contribution in [2.24, 2.45) is 0 Å². The Hall–Kier alpha value is -4.32. The summed E-state index contributed by atoms with van der Waals surface area (Å²) in [4.78, 5) is 41.7. The van der Waals surface area contributed by atoms with Crippen molar-refractivity contribution < 1.29 is 23.9 Å². The van der Waals surface area contributed by atoms with Crippen molar-refractivity contribution >= 4 is 57.8 Å². The first kappa shape index (κ1) is 30.1. The van der Waals surface area contributed by atoms with Crippen LogP contribution in [0.3, 0.4) is 0 Å². The first-order valence-electron chi connectivity index (χ1n) is 14.0. The number of hydrogen-bond acceptors (Lipinski definition) is 6. The van der Waals surface area contributed by atoms with Gasteiger partial charge in [0, 0.05) is 13.0 Å². The number of nitrogens with zero attached hydrogens (tertiary/aromatic N) is 1. The summed E-state index contributed by atoms with van der Waals surface area (Å²) >= 11 is 1.30. The molecule has 8 heteroatoms. The molecular weight excluding hydrogens is 577 g/mol. The molecule has 1 unspecified atom stereocenters. The lowest BCUT2D eigenvalue weighted by Gasteiger charge is -2.44. The van der Waals surface area contributed by atoms with E-state index in [1.54, 1.807) is 17.2 Å². The highest BCUT2D eigenvalue weighted by Crippen LogP contribution is 2.49. The molecule has 0 saturated carbocycles. The van der Waals surface area contributed by atoms with Gasteiger partial charge in [0.1, 0.15) is 12.0 Å².